The molecule has 1 aromatic heterocycles. The summed E-state index contributed by atoms with van der Waals surface area (Å²) in [6.45, 7) is 2.68. The van der Waals surface area contributed by atoms with Crippen molar-refractivity contribution in [2.24, 2.45) is 5.73 Å². The number of aryl methyl sites for hydroxylation is 1. The largest absolute Gasteiger partial charge is 0.326 e. The maximum atomic E-state index is 5.80. The minimum Gasteiger partial charge on any atom is -0.326 e. The lowest BCUT2D eigenvalue weighted by molar-refractivity contribution is 0.803. The van der Waals surface area contributed by atoms with Crippen molar-refractivity contribution in [3.05, 3.63) is 46.5 Å². The van der Waals surface area contributed by atoms with E-state index in [1.165, 1.54) is 0 Å². The highest BCUT2D eigenvalue weighted by molar-refractivity contribution is 9.10. The van der Waals surface area contributed by atoms with Crippen molar-refractivity contribution in [3.8, 4) is 5.69 Å². The topological polar surface area (TPSA) is 43.8 Å². The summed E-state index contributed by atoms with van der Waals surface area (Å²) in [5.41, 5.74) is 8.04. The van der Waals surface area contributed by atoms with Crippen LogP contribution in [0.2, 0.25) is 0 Å². The second-order valence-electron chi connectivity index (χ2n) is 3.94. The lowest BCUT2D eigenvalue weighted by Crippen LogP contribution is -2.07. The van der Waals surface area contributed by atoms with E-state index >= 15 is 0 Å². The van der Waals surface area contributed by atoms with E-state index in [4.69, 9.17) is 5.73 Å². The number of nitrogens with two attached hydrogens (primary N) is 1. The summed E-state index contributed by atoms with van der Waals surface area (Å²) >= 11 is 3.47. The number of imidazole rings is 1. The van der Waals surface area contributed by atoms with Crippen LogP contribution in [0.1, 0.15) is 24.7 Å². The Hall–Kier alpha value is -1.13. The first-order valence-corrected chi connectivity index (χ1v) is 6.56. The molecule has 0 radical (unpaired) electrons. The van der Waals surface area contributed by atoms with Gasteiger partial charge in [-0.2, -0.15) is 0 Å². The van der Waals surface area contributed by atoms with E-state index in [0.29, 0.717) is 6.54 Å². The second-order valence-corrected chi connectivity index (χ2v) is 4.86. The van der Waals surface area contributed by atoms with E-state index in [-0.39, 0.29) is 0 Å². The molecule has 17 heavy (non-hydrogen) atoms. The molecule has 0 amide bonds. The zero-order valence-corrected chi connectivity index (χ0v) is 11.4. The highest BCUT2D eigenvalue weighted by Gasteiger charge is 2.08. The molecule has 2 N–H and O–H groups in total. The minimum atomic E-state index is 0.526. The van der Waals surface area contributed by atoms with Gasteiger partial charge in [-0.1, -0.05) is 22.9 Å². The maximum absolute atomic E-state index is 5.80. The molecular formula is C13H16BrN3. The molecule has 0 aliphatic rings. The second kappa shape index (κ2) is 5.47. The van der Waals surface area contributed by atoms with Crippen LogP contribution in [0.15, 0.2) is 35.1 Å². The highest BCUT2D eigenvalue weighted by atomic mass is 79.9. The lowest BCUT2D eigenvalue weighted by Gasteiger charge is -2.12. The molecule has 0 aliphatic carbocycles. The van der Waals surface area contributed by atoms with Crippen molar-refractivity contribution >= 4 is 15.9 Å². The maximum Gasteiger partial charge on any atom is 0.113 e. The van der Waals surface area contributed by atoms with Gasteiger partial charge in [0.1, 0.15) is 5.82 Å². The number of benzene rings is 1. The number of hydrogen-bond donors (Lipinski definition) is 1. The van der Waals surface area contributed by atoms with Gasteiger partial charge in [0.2, 0.25) is 0 Å². The van der Waals surface area contributed by atoms with Gasteiger partial charge in [-0.05, 0) is 30.2 Å². The van der Waals surface area contributed by atoms with Gasteiger partial charge < -0.3 is 10.3 Å². The smallest absolute Gasteiger partial charge is 0.113 e. The number of aromatic nitrogens is 2. The molecule has 0 aliphatic heterocycles. The van der Waals surface area contributed by atoms with E-state index in [2.05, 4.69) is 44.5 Å². The van der Waals surface area contributed by atoms with Gasteiger partial charge in [-0.15, -0.1) is 0 Å². The van der Waals surface area contributed by atoms with E-state index in [9.17, 15) is 0 Å². The molecule has 2 aromatic rings. The summed E-state index contributed by atoms with van der Waals surface area (Å²) < 4.78 is 3.18. The van der Waals surface area contributed by atoms with Crippen molar-refractivity contribution in [2.45, 2.75) is 26.3 Å². The third-order valence-corrected chi connectivity index (χ3v) is 3.21. The number of nitrogens with zero attached hydrogens (tertiary/aromatic N) is 2. The molecule has 4 heteroatoms. The first-order valence-electron chi connectivity index (χ1n) is 5.77. The molecule has 0 bridgehead atoms. The van der Waals surface area contributed by atoms with E-state index < -0.39 is 0 Å². The molecule has 3 nitrogen and oxygen atoms in total. The summed E-state index contributed by atoms with van der Waals surface area (Å²) in [6, 6.07) is 6.17. The summed E-state index contributed by atoms with van der Waals surface area (Å²) in [6.07, 6.45) is 5.90. The minimum absolute atomic E-state index is 0.526. The van der Waals surface area contributed by atoms with Crippen molar-refractivity contribution in [1.29, 1.82) is 0 Å². The van der Waals surface area contributed by atoms with Gasteiger partial charge >= 0.3 is 0 Å². The van der Waals surface area contributed by atoms with Crippen LogP contribution < -0.4 is 5.73 Å². The molecule has 0 spiro atoms. The Morgan fingerprint density at radius 1 is 1.41 bits per heavy atom. The molecule has 0 saturated heterocycles. The number of hydrogen-bond acceptors (Lipinski definition) is 2. The summed E-state index contributed by atoms with van der Waals surface area (Å²) in [5.74, 6) is 1.09. The Morgan fingerprint density at radius 2 is 2.24 bits per heavy atom. The number of halogens is 1. The monoisotopic (exact) mass is 293 g/mol. The molecule has 0 unspecified atom stereocenters. The van der Waals surface area contributed by atoms with Gasteiger partial charge in [0.15, 0.2) is 0 Å². The Labute approximate surface area is 110 Å². The van der Waals surface area contributed by atoms with E-state index in [1.54, 1.807) is 0 Å². The van der Waals surface area contributed by atoms with Gasteiger partial charge in [0.25, 0.3) is 0 Å². The van der Waals surface area contributed by atoms with Crippen LogP contribution >= 0.6 is 15.9 Å². The van der Waals surface area contributed by atoms with Crippen LogP contribution in [0.25, 0.3) is 5.69 Å². The predicted molar refractivity (Wildman–Crippen MR) is 73.2 cm³/mol. The van der Waals surface area contributed by atoms with Crippen molar-refractivity contribution in [3.63, 3.8) is 0 Å². The summed E-state index contributed by atoms with van der Waals surface area (Å²) in [5, 5.41) is 0. The van der Waals surface area contributed by atoms with Crippen LogP contribution in [0.3, 0.4) is 0 Å². The van der Waals surface area contributed by atoms with Crippen molar-refractivity contribution < 1.29 is 0 Å². The zero-order chi connectivity index (χ0) is 12.3. The van der Waals surface area contributed by atoms with Gasteiger partial charge in [-0.3, -0.25) is 0 Å². The normalized spacial score (nSPS) is 10.8. The third-order valence-electron chi connectivity index (χ3n) is 2.71. The van der Waals surface area contributed by atoms with Gasteiger partial charge in [0.05, 0.1) is 5.69 Å². The quantitative estimate of drug-likeness (QED) is 0.942. The molecular weight excluding hydrogens is 278 g/mol. The number of rotatable bonds is 4. The van der Waals surface area contributed by atoms with Crippen LogP contribution in [0.5, 0.6) is 0 Å². The Balaban J connectivity index is 2.48. The SMILES string of the molecule is CCCc1nccn1-c1ccc(Br)cc1CN. The highest BCUT2D eigenvalue weighted by Crippen LogP contribution is 2.21. The summed E-state index contributed by atoms with van der Waals surface area (Å²) in [7, 11) is 0. The van der Waals surface area contributed by atoms with Crippen LogP contribution in [0, 0.1) is 0 Å². The molecule has 0 atom stereocenters. The van der Waals surface area contributed by atoms with E-state index in [0.717, 1.165) is 34.4 Å². The molecule has 1 heterocycles. The van der Waals surface area contributed by atoms with Gasteiger partial charge in [-0.25, -0.2) is 4.98 Å². The molecule has 0 saturated carbocycles. The standard InChI is InChI=1S/C13H16BrN3/c1-2-3-13-16-6-7-17(13)12-5-4-11(14)8-10(12)9-15/h4-8H,2-3,9,15H2,1H3. The van der Waals surface area contributed by atoms with Crippen LogP contribution in [-0.2, 0) is 13.0 Å². The van der Waals surface area contributed by atoms with Crippen LogP contribution in [0.4, 0.5) is 0 Å². The first-order chi connectivity index (χ1) is 8.26. The first kappa shape index (κ1) is 12.3. The third kappa shape index (κ3) is 2.58. The molecule has 2 rings (SSSR count). The zero-order valence-electron chi connectivity index (χ0n) is 9.86. The molecule has 1 aromatic carbocycles. The van der Waals surface area contributed by atoms with Crippen molar-refractivity contribution in [2.75, 3.05) is 0 Å². The van der Waals surface area contributed by atoms with Gasteiger partial charge in [0, 0.05) is 29.8 Å². The fourth-order valence-corrected chi connectivity index (χ4v) is 2.32. The van der Waals surface area contributed by atoms with Crippen molar-refractivity contribution in [1.82, 2.24) is 9.55 Å². The average Bonchev–Trinajstić information content (AvgIpc) is 2.77. The molecule has 90 valence electrons. The van der Waals surface area contributed by atoms with E-state index in [1.807, 2.05) is 18.5 Å². The Morgan fingerprint density at radius 3 is 2.94 bits per heavy atom. The lowest BCUT2D eigenvalue weighted by atomic mass is 10.1. The average molecular weight is 294 g/mol. The fourth-order valence-electron chi connectivity index (χ4n) is 1.91. The predicted octanol–water partition coefficient (Wildman–Crippen LogP) is 3.05. The fraction of sp³-hybridized carbons (Fsp3) is 0.308. The Bertz CT molecular complexity index is 505. The summed E-state index contributed by atoms with van der Waals surface area (Å²) in [4.78, 5) is 4.39. The molecule has 0 fully saturated rings. The Kier molecular flexibility index (Phi) is 3.97. The van der Waals surface area contributed by atoms with Crippen LogP contribution in [-0.4, -0.2) is 9.55 Å².